The number of amides is 2. The monoisotopic (exact) mass is 836 g/mol. The molecule has 4 aliphatic rings. The first-order valence-corrected chi connectivity index (χ1v) is 17.7. The van der Waals surface area contributed by atoms with E-state index in [-0.39, 0.29) is 0 Å². The van der Waals surface area contributed by atoms with Crippen LogP contribution in [0.15, 0.2) is 0 Å². The van der Waals surface area contributed by atoms with Crippen LogP contribution in [-0.4, -0.2) is 244 Å². The lowest BCUT2D eigenvalue weighted by molar-refractivity contribution is -0.387. The van der Waals surface area contributed by atoms with Gasteiger partial charge in [-0.2, -0.15) is 0 Å². The fourth-order valence-corrected chi connectivity index (χ4v) is 7.04. The van der Waals surface area contributed by atoms with Gasteiger partial charge in [-0.3, -0.25) is 9.59 Å². The summed E-state index contributed by atoms with van der Waals surface area (Å²) >= 11 is 0. The van der Waals surface area contributed by atoms with Crippen molar-refractivity contribution >= 4 is 17.8 Å². The van der Waals surface area contributed by atoms with Crippen molar-refractivity contribution < 1.29 is 119 Å². The number of carboxylic acid groups (broad SMARTS) is 1. The molecule has 2 amide bonds. The van der Waals surface area contributed by atoms with Crippen molar-refractivity contribution in [2.24, 2.45) is 0 Å². The molecule has 21 atom stereocenters. The van der Waals surface area contributed by atoms with Crippen molar-refractivity contribution in [1.29, 1.82) is 0 Å². The van der Waals surface area contributed by atoms with E-state index in [9.17, 15) is 85.9 Å². The highest BCUT2D eigenvalue weighted by Crippen LogP contribution is 2.38. The van der Waals surface area contributed by atoms with E-state index in [4.69, 9.17) is 33.2 Å². The lowest BCUT2D eigenvalue weighted by atomic mass is 9.88. The summed E-state index contributed by atoms with van der Waals surface area (Å²) in [6.45, 7) is -1.94. The highest BCUT2D eigenvalue weighted by atomic mass is 16.8. The van der Waals surface area contributed by atoms with Gasteiger partial charge < -0.3 is 115 Å². The third-order valence-corrected chi connectivity index (χ3v) is 9.98. The fraction of sp³-hybridized carbons (Fsp3) is 0.903. The van der Waals surface area contributed by atoms with Gasteiger partial charge in [0.1, 0.15) is 91.5 Å². The molecule has 16 N–H and O–H groups in total. The molecule has 4 aliphatic heterocycles. The molecule has 0 aromatic carbocycles. The van der Waals surface area contributed by atoms with Crippen LogP contribution in [0, 0.1) is 0 Å². The highest BCUT2D eigenvalue weighted by molar-refractivity contribution is 5.76. The first kappa shape index (κ1) is 47.3. The Morgan fingerprint density at radius 1 is 0.684 bits per heavy atom. The Hall–Kier alpha value is -2.39. The van der Waals surface area contributed by atoms with Crippen LogP contribution in [0.4, 0.5) is 0 Å². The van der Waals surface area contributed by atoms with E-state index in [1.807, 2.05) is 0 Å². The molecule has 0 aromatic rings. The zero-order valence-electron chi connectivity index (χ0n) is 30.4. The molecular formula is C31H52N2O24. The predicted molar refractivity (Wildman–Crippen MR) is 174 cm³/mol. The minimum atomic E-state index is -3.12. The SMILES string of the molecule is CC(=O)N[C@H]1[C@H]([C@H](O)[C@H](O)CO)OC(O[C@H]2[C@@H](O)[C@@H](CO)OC(O[C@H]3[C@H](O)[C@@H](NC(C)=O)C(O[C@H]4[C@@H](O)[C@H](O)[C@@H](CO)O[C@H]4O)O[C@@H]3CO)[C@@H]2O)(C(=O)O)C[C@@H]1O. The molecule has 3 unspecified atom stereocenters. The number of nitrogens with one attached hydrogen (secondary N) is 2. The van der Waals surface area contributed by atoms with Gasteiger partial charge in [-0.25, -0.2) is 4.79 Å². The quantitative estimate of drug-likeness (QED) is 0.0728. The molecule has 4 fully saturated rings. The van der Waals surface area contributed by atoms with E-state index in [0.717, 1.165) is 13.8 Å². The highest BCUT2D eigenvalue weighted by Gasteiger charge is 2.60. The number of hydrogen-bond donors (Lipinski definition) is 16. The smallest absolute Gasteiger partial charge is 0.364 e. The molecule has 0 saturated carbocycles. The number of aliphatic hydroxyl groups is 13. The second kappa shape index (κ2) is 19.8. The topological polar surface area (TPSA) is 423 Å². The van der Waals surface area contributed by atoms with Crippen molar-refractivity contribution in [1.82, 2.24) is 10.6 Å². The molecule has 0 aromatic heterocycles. The summed E-state index contributed by atoms with van der Waals surface area (Å²) in [6.07, 6.45) is -36.1. The Bertz CT molecular complexity index is 1350. The third-order valence-electron chi connectivity index (χ3n) is 9.98. The number of rotatable bonds is 15. The van der Waals surface area contributed by atoms with E-state index < -0.39 is 179 Å². The summed E-state index contributed by atoms with van der Waals surface area (Å²) in [5.74, 6) is -6.74. The van der Waals surface area contributed by atoms with Crippen LogP contribution >= 0.6 is 0 Å². The number of carbonyl (C=O) groups excluding carboxylic acids is 2. The lowest BCUT2D eigenvalue weighted by Gasteiger charge is -2.51. The Labute approximate surface area is 322 Å². The zero-order valence-corrected chi connectivity index (χ0v) is 30.4. The van der Waals surface area contributed by atoms with Gasteiger partial charge in [-0.15, -0.1) is 0 Å². The molecule has 4 rings (SSSR count). The van der Waals surface area contributed by atoms with E-state index in [1.165, 1.54) is 0 Å². The molecule has 330 valence electrons. The van der Waals surface area contributed by atoms with Crippen LogP contribution in [0.1, 0.15) is 20.3 Å². The van der Waals surface area contributed by atoms with Gasteiger partial charge in [0.05, 0.1) is 38.6 Å². The number of aliphatic carboxylic acids is 1. The molecule has 0 radical (unpaired) electrons. The number of carbonyl (C=O) groups is 3. The lowest BCUT2D eigenvalue weighted by Crippen LogP contribution is -2.71. The minimum Gasteiger partial charge on any atom is -0.477 e. The minimum absolute atomic E-state index is 0.787. The van der Waals surface area contributed by atoms with Crippen LogP contribution in [-0.2, 0) is 47.5 Å². The average molecular weight is 837 g/mol. The summed E-state index contributed by atoms with van der Waals surface area (Å²) < 4.78 is 38.9. The molecule has 26 heteroatoms. The van der Waals surface area contributed by atoms with E-state index in [0.29, 0.717) is 0 Å². The van der Waals surface area contributed by atoms with E-state index in [1.54, 1.807) is 0 Å². The molecular weight excluding hydrogens is 784 g/mol. The molecule has 4 saturated heterocycles. The first-order chi connectivity index (χ1) is 26.7. The van der Waals surface area contributed by atoms with E-state index >= 15 is 0 Å². The van der Waals surface area contributed by atoms with E-state index in [2.05, 4.69) is 10.6 Å². The van der Waals surface area contributed by atoms with Crippen molar-refractivity contribution in [3.63, 3.8) is 0 Å². The maximum atomic E-state index is 12.8. The van der Waals surface area contributed by atoms with Crippen LogP contribution < -0.4 is 10.6 Å². The number of hydrogen-bond acceptors (Lipinski definition) is 23. The van der Waals surface area contributed by atoms with Crippen molar-refractivity contribution in [2.45, 2.75) is 149 Å². The number of carboxylic acids is 1. The van der Waals surface area contributed by atoms with Gasteiger partial charge in [-0.05, 0) is 0 Å². The van der Waals surface area contributed by atoms with Gasteiger partial charge >= 0.3 is 5.97 Å². The van der Waals surface area contributed by atoms with Crippen molar-refractivity contribution in [3.05, 3.63) is 0 Å². The van der Waals surface area contributed by atoms with Gasteiger partial charge in [0.15, 0.2) is 18.9 Å². The zero-order chi connectivity index (χ0) is 42.7. The second-order valence-corrected chi connectivity index (χ2v) is 14.0. The first-order valence-electron chi connectivity index (χ1n) is 17.7. The van der Waals surface area contributed by atoms with Crippen molar-refractivity contribution in [2.75, 3.05) is 26.4 Å². The molecule has 0 bridgehead atoms. The van der Waals surface area contributed by atoms with Gasteiger partial charge in [0, 0.05) is 20.3 Å². The van der Waals surface area contributed by atoms with Crippen LogP contribution in [0.3, 0.4) is 0 Å². The Morgan fingerprint density at radius 2 is 1.23 bits per heavy atom. The van der Waals surface area contributed by atoms with Crippen LogP contribution in [0.25, 0.3) is 0 Å². The summed E-state index contributed by atoms with van der Waals surface area (Å²) in [6, 6.07) is -3.30. The Kier molecular flexibility index (Phi) is 16.4. The average Bonchev–Trinajstić information content (AvgIpc) is 3.16. The molecule has 57 heavy (non-hydrogen) atoms. The molecule has 26 nitrogen and oxygen atoms in total. The van der Waals surface area contributed by atoms with Gasteiger partial charge in [0.25, 0.3) is 5.79 Å². The normalized spacial score (nSPS) is 45.1. The summed E-state index contributed by atoms with van der Waals surface area (Å²) in [7, 11) is 0. The Balaban J connectivity index is 1.62. The fourth-order valence-electron chi connectivity index (χ4n) is 7.04. The maximum Gasteiger partial charge on any atom is 0.364 e. The van der Waals surface area contributed by atoms with Gasteiger partial charge in [-0.1, -0.05) is 0 Å². The van der Waals surface area contributed by atoms with Crippen LogP contribution in [0.5, 0.6) is 0 Å². The van der Waals surface area contributed by atoms with Crippen molar-refractivity contribution in [3.8, 4) is 0 Å². The number of ether oxygens (including phenoxy) is 7. The van der Waals surface area contributed by atoms with Crippen LogP contribution in [0.2, 0.25) is 0 Å². The molecule has 0 spiro atoms. The Morgan fingerprint density at radius 3 is 1.77 bits per heavy atom. The maximum absolute atomic E-state index is 12.8. The largest absolute Gasteiger partial charge is 0.477 e. The molecule has 0 aliphatic carbocycles. The second-order valence-electron chi connectivity index (χ2n) is 14.0. The number of aliphatic hydroxyl groups excluding tert-OH is 13. The standard InChI is InChI=1S/C31H52N2O24/c1-8(38)32-15-10(40)3-31(30(49)50,56-24(15)17(42)11(41)4-34)57-25-19(44)13(6-36)52-29(22(25)47)54-23-14(7-37)53-28(16(20(23)45)33-9(2)39)55-26-21(46)18(43)12(5-35)51-27(26)48/h10-29,34-37,40-48H,3-7H2,1-2H3,(H,32,38)(H,33,39)(H,49,50)/t10-,11+,12+,13+,14+,15+,16+,17+,18+,19-,20+,21-,22+,23+,24+,25-,26-,27+,28?,29?,31?/m0/s1. The molecule has 4 heterocycles. The summed E-state index contributed by atoms with van der Waals surface area (Å²) in [5, 5.41) is 151. The summed E-state index contributed by atoms with van der Waals surface area (Å²) in [4.78, 5) is 36.9. The third kappa shape index (κ3) is 10.2. The summed E-state index contributed by atoms with van der Waals surface area (Å²) in [5.41, 5.74) is 0. The predicted octanol–water partition coefficient (Wildman–Crippen LogP) is -10.3. The van der Waals surface area contributed by atoms with Gasteiger partial charge in [0.2, 0.25) is 11.8 Å².